The molecule has 0 aliphatic heterocycles. The summed E-state index contributed by atoms with van der Waals surface area (Å²) in [6.45, 7) is -0.172. The second kappa shape index (κ2) is 7.94. The van der Waals surface area contributed by atoms with Crippen molar-refractivity contribution in [1.82, 2.24) is 5.43 Å². The lowest BCUT2D eigenvalue weighted by Gasteiger charge is -2.05. The summed E-state index contributed by atoms with van der Waals surface area (Å²) in [4.78, 5) is 23.0. The van der Waals surface area contributed by atoms with Crippen molar-refractivity contribution in [3.05, 3.63) is 77.9 Å². The van der Waals surface area contributed by atoms with Crippen molar-refractivity contribution in [2.24, 2.45) is 10.8 Å². The summed E-state index contributed by atoms with van der Waals surface area (Å²) in [5, 5.41) is 5.86. The highest BCUT2D eigenvalue weighted by molar-refractivity contribution is 6.07. The minimum atomic E-state index is -0.535. The molecule has 0 atom stereocenters. The Morgan fingerprint density at radius 2 is 1.73 bits per heavy atom. The Bertz CT molecular complexity index is 960. The summed E-state index contributed by atoms with van der Waals surface area (Å²) < 4.78 is 5.18. The van der Waals surface area contributed by atoms with Gasteiger partial charge in [-0.3, -0.25) is 9.59 Å². The SMILES string of the molecule is NC(=O)COc1ccc(/C=N/NC(=O)c2cccc3ccccc23)cc1. The predicted molar refractivity (Wildman–Crippen MR) is 100 cm³/mol. The predicted octanol–water partition coefficient (Wildman–Crippen LogP) is 2.47. The summed E-state index contributed by atoms with van der Waals surface area (Å²) in [7, 11) is 0. The maximum Gasteiger partial charge on any atom is 0.271 e. The molecule has 0 radical (unpaired) electrons. The van der Waals surface area contributed by atoms with E-state index >= 15 is 0 Å². The molecular formula is C20H17N3O3. The quantitative estimate of drug-likeness (QED) is 0.530. The smallest absolute Gasteiger partial charge is 0.271 e. The van der Waals surface area contributed by atoms with Gasteiger partial charge in [0.15, 0.2) is 6.61 Å². The number of hydrogen-bond acceptors (Lipinski definition) is 4. The molecule has 0 heterocycles. The van der Waals surface area contributed by atoms with Gasteiger partial charge in [-0.1, -0.05) is 36.4 Å². The average molecular weight is 347 g/mol. The number of rotatable bonds is 6. The Hall–Kier alpha value is -3.67. The Morgan fingerprint density at radius 3 is 2.50 bits per heavy atom. The Labute approximate surface area is 150 Å². The molecule has 0 aliphatic rings. The first-order valence-electron chi connectivity index (χ1n) is 7.96. The second-order valence-electron chi connectivity index (χ2n) is 5.55. The van der Waals surface area contributed by atoms with Crippen LogP contribution in [0.1, 0.15) is 15.9 Å². The number of nitrogens with zero attached hydrogens (tertiary/aromatic N) is 1. The summed E-state index contributed by atoms with van der Waals surface area (Å²) in [5.41, 5.74) is 8.89. The summed E-state index contributed by atoms with van der Waals surface area (Å²) in [6.07, 6.45) is 1.53. The van der Waals surface area contributed by atoms with Crippen LogP contribution < -0.4 is 15.9 Å². The summed E-state index contributed by atoms with van der Waals surface area (Å²) in [6, 6.07) is 20.1. The zero-order valence-electron chi connectivity index (χ0n) is 13.9. The molecule has 0 fully saturated rings. The molecule has 130 valence electrons. The van der Waals surface area contributed by atoms with Crippen LogP contribution in [0.5, 0.6) is 5.75 Å². The normalized spacial score (nSPS) is 10.8. The van der Waals surface area contributed by atoms with Crippen LogP contribution in [0.2, 0.25) is 0 Å². The van der Waals surface area contributed by atoms with Crippen LogP contribution in [-0.4, -0.2) is 24.6 Å². The number of benzene rings is 3. The van der Waals surface area contributed by atoms with E-state index in [0.29, 0.717) is 11.3 Å². The van der Waals surface area contributed by atoms with Crippen molar-refractivity contribution in [3.8, 4) is 5.75 Å². The number of carbonyl (C=O) groups is 2. The molecule has 0 saturated carbocycles. The highest BCUT2D eigenvalue weighted by Gasteiger charge is 2.08. The maximum atomic E-state index is 12.4. The van der Waals surface area contributed by atoms with Gasteiger partial charge in [-0.15, -0.1) is 0 Å². The lowest BCUT2D eigenvalue weighted by Crippen LogP contribution is -2.20. The van der Waals surface area contributed by atoms with E-state index in [0.717, 1.165) is 16.3 Å². The largest absolute Gasteiger partial charge is 0.484 e. The van der Waals surface area contributed by atoms with Gasteiger partial charge in [-0.25, -0.2) is 5.43 Å². The van der Waals surface area contributed by atoms with Gasteiger partial charge in [0.25, 0.3) is 11.8 Å². The van der Waals surface area contributed by atoms with Gasteiger partial charge in [0, 0.05) is 5.56 Å². The molecule has 0 saturated heterocycles. The number of fused-ring (bicyclic) bond motifs is 1. The molecule has 3 aromatic carbocycles. The Kier molecular flexibility index (Phi) is 5.24. The van der Waals surface area contributed by atoms with Crippen LogP contribution in [-0.2, 0) is 4.79 Å². The lowest BCUT2D eigenvalue weighted by molar-refractivity contribution is -0.119. The number of nitrogens with one attached hydrogen (secondary N) is 1. The summed E-state index contributed by atoms with van der Waals surface area (Å²) in [5.74, 6) is -0.285. The van der Waals surface area contributed by atoms with E-state index in [4.69, 9.17) is 10.5 Å². The first-order valence-corrected chi connectivity index (χ1v) is 7.96. The number of carbonyl (C=O) groups excluding carboxylic acids is 2. The third kappa shape index (κ3) is 4.24. The van der Waals surface area contributed by atoms with Crippen LogP contribution in [0.15, 0.2) is 71.8 Å². The monoisotopic (exact) mass is 347 g/mol. The van der Waals surface area contributed by atoms with Crippen molar-refractivity contribution in [3.63, 3.8) is 0 Å². The number of primary amides is 1. The summed E-state index contributed by atoms with van der Waals surface area (Å²) >= 11 is 0. The number of amides is 2. The first kappa shape index (κ1) is 17.2. The molecule has 0 unspecified atom stereocenters. The van der Waals surface area contributed by atoms with Crippen molar-refractivity contribution >= 4 is 28.8 Å². The molecule has 3 aromatic rings. The van der Waals surface area contributed by atoms with Gasteiger partial charge in [0.2, 0.25) is 0 Å². The van der Waals surface area contributed by atoms with E-state index < -0.39 is 5.91 Å². The molecule has 0 aliphatic carbocycles. The van der Waals surface area contributed by atoms with Gasteiger partial charge in [-0.2, -0.15) is 5.10 Å². The number of ether oxygens (including phenoxy) is 1. The number of nitrogens with two attached hydrogens (primary N) is 1. The second-order valence-corrected chi connectivity index (χ2v) is 5.55. The lowest BCUT2D eigenvalue weighted by atomic mass is 10.0. The highest BCUT2D eigenvalue weighted by Crippen LogP contribution is 2.18. The number of hydrazone groups is 1. The van der Waals surface area contributed by atoms with Gasteiger partial charge >= 0.3 is 0 Å². The van der Waals surface area contributed by atoms with E-state index in [9.17, 15) is 9.59 Å². The first-order chi connectivity index (χ1) is 12.6. The van der Waals surface area contributed by atoms with Crippen LogP contribution in [0.4, 0.5) is 0 Å². The van der Waals surface area contributed by atoms with Gasteiger partial charge in [0.05, 0.1) is 6.21 Å². The Balaban J connectivity index is 1.64. The zero-order valence-corrected chi connectivity index (χ0v) is 13.9. The van der Waals surface area contributed by atoms with Crippen LogP contribution in [0.3, 0.4) is 0 Å². The van der Waals surface area contributed by atoms with E-state index in [1.54, 1.807) is 30.3 Å². The van der Waals surface area contributed by atoms with Gasteiger partial charge in [0.1, 0.15) is 5.75 Å². The fourth-order valence-electron chi connectivity index (χ4n) is 2.45. The van der Waals surface area contributed by atoms with E-state index in [-0.39, 0.29) is 12.5 Å². The van der Waals surface area contributed by atoms with E-state index in [1.807, 2.05) is 36.4 Å². The van der Waals surface area contributed by atoms with E-state index in [1.165, 1.54) is 6.21 Å². The Morgan fingerprint density at radius 1 is 1.00 bits per heavy atom. The zero-order chi connectivity index (χ0) is 18.4. The van der Waals surface area contributed by atoms with Crippen molar-refractivity contribution in [2.75, 3.05) is 6.61 Å². The van der Waals surface area contributed by atoms with Crippen molar-refractivity contribution in [2.45, 2.75) is 0 Å². The van der Waals surface area contributed by atoms with Crippen LogP contribution >= 0.6 is 0 Å². The third-order valence-electron chi connectivity index (χ3n) is 3.68. The van der Waals surface area contributed by atoms with Crippen LogP contribution in [0.25, 0.3) is 10.8 Å². The minimum absolute atomic E-state index is 0.172. The molecule has 3 N–H and O–H groups in total. The molecule has 0 bridgehead atoms. The molecular weight excluding hydrogens is 330 g/mol. The molecule has 6 heteroatoms. The number of hydrogen-bond donors (Lipinski definition) is 2. The molecule has 0 spiro atoms. The molecule has 26 heavy (non-hydrogen) atoms. The molecule has 2 amide bonds. The fraction of sp³-hybridized carbons (Fsp3) is 0.0500. The standard InChI is InChI=1S/C20H17N3O3/c21-19(24)13-26-16-10-8-14(9-11-16)12-22-23-20(25)18-7-3-5-15-4-1-2-6-17(15)18/h1-12H,13H2,(H2,21,24)(H,23,25)/b22-12+. The fourth-order valence-corrected chi connectivity index (χ4v) is 2.45. The van der Waals surface area contributed by atoms with E-state index in [2.05, 4.69) is 10.5 Å². The minimum Gasteiger partial charge on any atom is -0.484 e. The van der Waals surface area contributed by atoms with Crippen LogP contribution in [0, 0.1) is 0 Å². The topological polar surface area (TPSA) is 93.8 Å². The molecule has 3 rings (SSSR count). The molecule has 6 nitrogen and oxygen atoms in total. The molecule has 0 aromatic heterocycles. The van der Waals surface area contributed by atoms with Crippen molar-refractivity contribution in [1.29, 1.82) is 0 Å². The average Bonchev–Trinajstić information content (AvgIpc) is 2.66. The van der Waals surface area contributed by atoms with Gasteiger partial charge in [-0.05, 0) is 46.7 Å². The third-order valence-corrected chi connectivity index (χ3v) is 3.68. The van der Waals surface area contributed by atoms with Gasteiger partial charge < -0.3 is 10.5 Å². The van der Waals surface area contributed by atoms with Crippen molar-refractivity contribution < 1.29 is 14.3 Å². The maximum absolute atomic E-state index is 12.4. The highest BCUT2D eigenvalue weighted by atomic mass is 16.5.